The van der Waals surface area contributed by atoms with Crippen LogP contribution < -0.4 is 0 Å². The molecule has 2 aliphatic rings. The summed E-state index contributed by atoms with van der Waals surface area (Å²) in [5.41, 5.74) is 0. The molecule has 0 aromatic heterocycles. The molecule has 3 atom stereocenters. The Hall–Kier alpha value is 0. The minimum absolute atomic E-state index is 1.14. The fraction of sp³-hybridized carbons (Fsp3) is 1.00. The van der Waals surface area contributed by atoms with E-state index in [2.05, 4.69) is 6.92 Å². The van der Waals surface area contributed by atoms with Crippen molar-refractivity contribution in [3.63, 3.8) is 0 Å². The molecule has 0 heterocycles. The lowest BCUT2D eigenvalue weighted by atomic mass is 9.86. The first-order valence-electron chi connectivity index (χ1n) is 4.92. The van der Waals surface area contributed by atoms with Gasteiger partial charge >= 0.3 is 0 Å². The fourth-order valence-corrected chi connectivity index (χ4v) is 2.77. The highest BCUT2D eigenvalue weighted by atomic mass is 14.5. The summed E-state index contributed by atoms with van der Waals surface area (Å²) in [6.45, 7) is 2.33. The molecule has 0 bridgehead atoms. The van der Waals surface area contributed by atoms with Crippen LogP contribution in [0.15, 0.2) is 0 Å². The molecule has 2 fully saturated rings. The molecule has 2 aliphatic carbocycles. The largest absolute Gasteiger partial charge is 0.0654 e. The maximum Gasteiger partial charge on any atom is -0.0355 e. The third-order valence-corrected chi connectivity index (χ3v) is 3.39. The highest BCUT2D eigenvalue weighted by Gasteiger charge is 2.44. The normalized spacial score (nSPS) is 44.7. The number of rotatable bonds is 2. The Morgan fingerprint density at radius 2 is 2.20 bits per heavy atom. The van der Waals surface area contributed by atoms with Crippen molar-refractivity contribution in [3.8, 4) is 0 Å². The van der Waals surface area contributed by atoms with Crippen molar-refractivity contribution in [2.75, 3.05) is 0 Å². The Kier molecular flexibility index (Phi) is 1.71. The Balaban J connectivity index is 1.84. The molecule has 0 aromatic rings. The van der Waals surface area contributed by atoms with Gasteiger partial charge < -0.3 is 0 Å². The second-order valence-electron chi connectivity index (χ2n) is 4.14. The van der Waals surface area contributed by atoms with E-state index in [9.17, 15) is 0 Å². The van der Waals surface area contributed by atoms with Crippen LogP contribution in [0.4, 0.5) is 0 Å². The van der Waals surface area contributed by atoms with Crippen molar-refractivity contribution in [1.82, 2.24) is 0 Å². The molecule has 0 spiro atoms. The lowest BCUT2D eigenvalue weighted by Gasteiger charge is -2.20. The first kappa shape index (κ1) is 6.69. The van der Waals surface area contributed by atoms with Crippen molar-refractivity contribution < 1.29 is 0 Å². The lowest BCUT2D eigenvalue weighted by Crippen LogP contribution is -2.09. The van der Waals surface area contributed by atoms with Gasteiger partial charge in [0.05, 0.1) is 0 Å². The van der Waals surface area contributed by atoms with Crippen molar-refractivity contribution >= 4 is 0 Å². The van der Waals surface area contributed by atoms with E-state index < -0.39 is 0 Å². The molecule has 0 radical (unpaired) electrons. The van der Waals surface area contributed by atoms with Gasteiger partial charge in [-0.1, -0.05) is 39.0 Å². The third-order valence-electron chi connectivity index (χ3n) is 3.39. The van der Waals surface area contributed by atoms with Gasteiger partial charge in [-0.25, -0.2) is 0 Å². The molecule has 2 saturated carbocycles. The molecule has 58 valence electrons. The van der Waals surface area contributed by atoms with Crippen LogP contribution in [0, 0.1) is 17.8 Å². The first-order chi connectivity index (χ1) is 4.92. The van der Waals surface area contributed by atoms with Crippen molar-refractivity contribution in [3.05, 3.63) is 0 Å². The molecule has 3 unspecified atom stereocenters. The Labute approximate surface area is 64.0 Å². The fourth-order valence-electron chi connectivity index (χ4n) is 2.77. The van der Waals surface area contributed by atoms with E-state index in [1.165, 1.54) is 31.1 Å². The molecule has 0 aromatic carbocycles. The monoisotopic (exact) mass is 138 g/mol. The first-order valence-corrected chi connectivity index (χ1v) is 4.92. The van der Waals surface area contributed by atoms with E-state index in [0.29, 0.717) is 0 Å². The molecule has 0 aliphatic heterocycles. The smallest absolute Gasteiger partial charge is 0.0355 e. The van der Waals surface area contributed by atoms with Crippen LogP contribution in [0.2, 0.25) is 0 Å². The molecule has 2 rings (SSSR count). The molecule has 0 N–H and O–H groups in total. The number of hydrogen-bond donors (Lipinski definition) is 0. The van der Waals surface area contributed by atoms with E-state index in [-0.39, 0.29) is 0 Å². The minimum atomic E-state index is 1.14. The van der Waals surface area contributed by atoms with E-state index in [0.717, 1.165) is 5.92 Å². The van der Waals surface area contributed by atoms with Gasteiger partial charge in [-0.15, -0.1) is 0 Å². The predicted octanol–water partition coefficient (Wildman–Crippen LogP) is 3.22. The van der Waals surface area contributed by atoms with Crippen LogP contribution in [0.5, 0.6) is 0 Å². The highest BCUT2D eigenvalue weighted by Crippen LogP contribution is 2.53. The van der Waals surface area contributed by atoms with Gasteiger partial charge in [0.2, 0.25) is 0 Å². The quantitative estimate of drug-likeness (QED) is 0.549. The van der Waals surface area contributed by atoms with Gasteiger partial charge in [0.25, 0.3) is 0 Å². The summed E-state index contributed by atoms with van der Waals surface area (Å²) in [6.07, 6.45) is 9.16. The van der Waals surface area contributed by atoms with Crippen LogP contribution in [0.3, 0.4) is 0 Å². The Morgan fingerprint density at radius 1 is 1.30 bits per heavy atom. The molecule has 0 amide bonds. The van der Waals surface area contributed by atoms with Crippen LogP contribution in [-0.4, -0.2) is 0 Å². The summed E-state index contributed by atoms with van der Waals surface area (Å²) in [6, 6.07) is 0. The summed E-state index contributed by atoms with van der Waals surface area (Å²) in [7, 11) is 0. The molecule has 0 heteroatoms. The van der Waals surface area contributed by atoms with Gasteiger partial charge in [0.1, 0.15) is 0 Å². The average molecular weight is 138 g/mol. The SMILES string of the molecule is CCCC1CCCC2CC12. The number of fused-ring (bicyclic) bond motifs is 1. The molecule has 10 heavy (non-hydrogen) atoms. The van der Waals surface area contributed by atoms with Crippen molar-refractivity contribution in [1.29, 1.82) is 0 Å². The molecular weight excluding hydrogens is 120 g/mol. The van der Waals surface area contributed by atoms with Crippen molar-refractivity contribution in [2.45, 2.75) is 45.4 Å². The van der Waals surface area contributed by atoms with Crippen LogP contribution >= 0.6 is 0 Å². The summed E-state index contributed by atoms with van der Waals surface area (Å²) >= 11 is 0. The second kappa shape index (κ2) is 2.56. The van der Waals surface area contributed by atoms with E-state index >= 15 is 0 Å². The maximum atomic E-state index is 2.33. The standard InChI is InChI=1S/C10H18/c1-2-4-8-5-3-6-9-7-10(8)9/h8-10H,2-7H2,1H3. The predicted molar refractivity (Wildman–Crippen MR) is 43.8 cm³/mol. The number of hydrogen-bond acceptors (Lipinski definition) is 0. The molecular formula is C10H18. The van der Waals surface area contributed by atoms with Gasteiger partial charge in [0, 0.05) is 0 Å². The van der Waals surface area contributed by atoms with Gasteiger partial charge in [-0.05, 0) is 24.2 Å². The van der Waals surface area contributed by atoms with Gasteiger partial charge in [-0.3, -0.25) is 0 Å². The zero-order valence-electron chi connectivity index (χ0n) is 6.97. The Bertz CT molecular complexity index is 115. The van der Waals surface area contributed by atoms with Crippen molar-refractivity contribution in [2.24, 2.45) is 17.8 Å². The van der Waals surface area contributed by atoms with Gasteiger partial charge in [0.15, 0.2) is 0 Å². The molecule has 0 saturated heterocycles. The van der Waals surface area contributed by atoms with E-state index in [4.69, 9.17) is 0 Å². The maximum absolute atomic E-state index is 2.33. The highest BCUT2D eigenvalue weighted by molar-refractivity contribution is 4.94. The van der Waals surface area contributed by atoms with Gasteiger partial charge in [-0.2, -0.15) is 0 Å². The molecule has 0 nitrogen and oxygen atoms in total. The second-order valence-corrected chi connectivity index (χ2v) is 4.14. The van der Waals surface area contributed by atoms with E-state index in [1.54, 1.807) is 19.3 Å². The van der Waals surface area contributed by atoms with E-state index in [1.807, 2.05) is 0 Å². The third kappa shape index (κ3) is 1.09. The Morgan fingerprint density at radius 3 is 3.00 bits per heavy atom. The summed E-state index contributed by atoms with van der Waals surface area (Å²) in [5, 5.41) is 0. The zero-order chi connectivity index (χ0) is 6.97. The summed E-state index contributed by atoms with van der Waals surface area (Å²) in [5.74, 6) is 3.52. The zero-order valence-corrected chi connectivity index (χ0v) is 6.97. The van der Waals surface area contributed by atoms with Crippen LogP contribution in [0.25, 0.3) is 0 Å². The summed E-state index contributed by atoms with van der Waals surface area (Å²) < 4.78 is 0. The van der Waals surface area contributed by atoms with Crippen LogP contribution in [-0.2, 0) is 0 Å². The summed E-state index contributed by atoms with van der Waals surface area (Å²) in [4.78, 5) is 0. The average Bonchev–Trinajstić information content (AvgIpc) is 2.67. The topological polar surface area (TPSA) is 0 Å². The minimum Gasteiger partial charge on any atom is -0.0654 e. The van der Waals surface area contributed by atoms with Crippen LogP contribution in [0.1, 0.15) is 45.4 Å². The lowest BCUT2D eigenvalue weighted by molar-refractivity contribution is 0.315.